The molecule has 0 saturated carbocycles. The second-order valence-corrected chi connectivity index (χ2v) is 8.12. The van der Waals surface area contributed by atoms with Gasteiger partial charge < -0.3 is 14.8 Å². The maximum Gasteiger partial charge on any atom is 0.336 e. The monoisotopic (exact) mass is 397 g/mol. The third kappa shape index (κ3) is 4.12. The predicted octanol–water partition coefficient (Wildman–Crippen LogP) is 4.69. The molecule has 0 saturated heterocycles. The van der Waals surface area contributed by atoms with Gasteiger partial charge in [0, 0.05) is 29.0 Å². The Morgan fingerprint density at radius 1 is 1.15 bits per heavy atom. The van der Waals surface area contributed by atoms with Crippen molar-refractivity contribution >= 4 is 44.9 Å². The van der Waals surface area contributed by atoms with Crippen molar-refractivity contribution in [3.05, 3.63) is 70.1 Å². The van der Waals surface area contributed by atoms with Crippen LogP contribution in [-0.2, 0) is 5.75 Å². The maximum absolute atomic E-state index is 11.8. The molecule has 0 bridgehead atoms. The van der Waals surface area contributed by atoms with Gasteiger partial charge in [0.1, 0.15) is 11.3 Å². The number of anilines is 2. The van der Waals surface area contributed by atoms with Gasteiger partial charge in [0.25, 0.3) is 0 Å². The molecule has 0 unspecified atom stereocenters. The van der Waals surface area contributed by atoms with Crippen molar-refractivity contribution in [3.63, 3.8) is 0 Å². The van der Waals surface area contributed by atoms with Crippen LogP contribution in [0, 0.1) is 6.92 Å². The Morgan fingerprint density at radius 2 is 1.96 bits per heavy atom. The summed E-state index contributed by atoms with van der Waals surface area (Å²) in [5, 5.41) is 22.7. The average molecular weight is 397 g/mol. The second kappa shape index (κ2) is 7.42. The first-order valence-corrected chi connectivity index (χ1v) is 9.93. The van der Waals surface area contributed by atoms with Gasteiger partial charge in [-0.25, -0.2) is 4.79 Å². The van der Waals surface area contributed by atoms with Gasteiger partial charge in [0.05, 0.1) is 0 Å². The highest BCUT2D eigenvalue weighted by Crippen LogP contribution is 2.32. The van der Waals surface area contributed by atoms with Crippen LogP contribution in [0.1, 0.15) is 11.1 Å². The Morgan fingerprint density at radius 3 is 2.78 bits per heavy atom. The van der Waals surface area contributed by atoms with Crippen molar-refractivity contribution in [2.45, 2.75) is 17.0 Å². The molecule has 6 nitrogen and oxygen atoms in total. The number of aryl methyl sites for hydroxylation is 1. The van der Waals surface area contributed by atoms with Gasteiger partial charge in [-0.05, 0) is 36.8 Å². The minimum Gasteiger partial charge on any atom is -0.508 e. The molecule has 4 aromatic rings. The van der Waals surface area contributed by atoms with Crippen molar-refractivity contribution in [1.29, 1.82) is 0 Å². The van der Waals surface area contributed by atoms with Crippen LogP contribution in [-0.4, -0.2) is 15.3 Å². The number of aromatic hydroxyl groups is 1. The van der Waals surface area contributed by atoms with E-state index in [9.17, 15) is 9.90 Å². The zero-order valence-electron chi connectivity index (χ0n) is 14.3. The van der Waals surface area contributed by atoms with E-state index in [0.29, 0.717) is 16.5 Å². The molecule has 27 heavy (non-hydrogen) atoms. The molecule has 2 aromatic carbocycles. The number of thioether (sulfide) groups is 1. The lowest BCUT2D eigenvalue weighted by molar-refractivity contribution is 0.473. The van der Waals surface area contributed by atoms with E-state index in [2.05, 4.69) is 15.5 Å². The highest BCUT2D eigenvalue weighted by molar-refractivity contribution is 8.00. The number of fused-ring (bicyclic) bond motifs is 1. The van der Waals surface area contributed by atoms with Crippen molar-refractivity contribution < 1.29 is 9.52 Å². The molecule has 2 heterocycles. The number of phenols is 1. The number of nitrogens with one attached hydrogen (secondary N) is 1. The van der Waals surface area contributed by atoms with Gasteiger partial charge in [-0.1, -0.05) is 40.8 Å². The van der Waals surface area contributed by atoms with E-state index in [-0.39, 0.29) is 5.75 Å². The van der Waals surface area contributed by atoms with E-state index in [1.807, 2.05) is 31.2 Å². The number of hydrogen-bond donors (Lipinski definition) is 2. The molecule has 0 atom stereocenters. The van der Waals surface area contributed by atoms with Crippen LogP contribution in [0.2, 0.25) is 0 Å². The standard InChI is InChI=1S/C19H15N3O3S2/c1-11-2-4-13(5-3-11)20-18-21-22-19(27-18)26-10-12-8-17(24)25-16-9-14(23)6-7-15(12)16/h2-9,23H,10H2,1H3,(H,20,21). The summed E-state index contributed by atoms with van der Waals surface area (Å²) in [6, 6.07) is 14.3. The van der Waals surface area contributed by atoms with E-state index in [1.165, 1.54) is 40.8 Å². The lowest BCUT2D eigenvalue weighted by atomic mass is 10.1. The third-order valence-corrected chi connectivity index (χ3v) is 5.90. The summed E-state index contributed by atoms with van der Waals surface area (Å²) in [7, 11) is 0. The number of nitrogens with zero attached hydrogens (tertiary/aromatic N) is 2. The molecule has 2 N–H and O–H groups in total. The third-order valence-electron chi connectivity index (χ3n) is 3.87. The Bertz CT molecular complexity index is 1150. The molecule has 8 heteroatoms. The van der Waals surface area contributed by atoms with E-state index < -0.39 is 5.63 Å². The number of hydrogen-bond acceptors (Lipinski definition) is 8. The Hall–Kier alpha value is -2.84. The quantitative estimate of drug-likeness (QED) is 0.373. The van der Waals surface area contributed by atoms with Crippen LogP contribution < -0.4 is 10.9 Å². The molecular weight excluding hydrogens is 382 g/mol. The van der Waals surface area contributed by atoms with Crippen LogP contribution in [0.25, 0.3) is 11.0 Å². The zero-order valence-corrected chi connectivity index (χ0v) is 15.9. The highest BCUT2D eigenvalue weighted by atomic mass is 32.2. The number of rotatable bonds is 5. The fourth-order valence-corrected chi connectivity index (χ4v) is 4.32. The van der Waals surface area contributed by atoms with Crippen molar-refractivity contribution in [2.24, 2.45) is 0 Å². The zero-order chi connectivity index (χ0) is 18.8. The molecule has 0 radical (unpaired) electrons. The average Bonchev–Trinajstić information content (AvgIpc) is 3.08. The summed E-state index contributed by atoms with van der Waals surface area (Å²) in [4.78, 5) is 11.8. The molecule has 136 valence electrons. The molecule has 0 fully saturated rings. The van der Waals surface area contributed by atoms with Crippen LogP contribution in [0.5, 0.6) is 5.75 Å². The van der Waals surface area contributed by atoms with Crippen LogP contribution in [0.4, 0.5) is 10.8 Å². The topological polar surface area (TPSA) is 88.3 Å². The Kier molecular flexibility index (Phi) is 4.83. The van der Waals surface area contributed by atoms with E-state index in [1.54, 1.807) is 12.1 Å². The molecule has 2 aromatic heterocycles. The van der Waals surface area contributed by atoms with Gasteiger partial charge in [-0.15, -0.1) is 10.2 Å². The summed E-state index contributed by atoms with van der Waals surface area (Å²) >= 11 is 2.95. The van der Waals surface area contributed by atoms with E-state index >= 15 is 0 Å². The fraction of sp³-hybridized carbons (Fsp3) is 0.105. The summed E-state index contributed by atoms with van der Waals surface area (Å²) in [5.74, 6) is 0.609. The number of phenolic OH excluding ortho intramolecular Hbond substituents is 1. The molecule has 0 aliphatic rings. The molecule has 0 spiro atoms. The molecular formula is C19H15N3O3S2. The van der Waals surface area contributed by atoms with E-state index in [4.69, 9.17) is 4.42 Å². The van der Waals surface area contributed by atoms with Gasteiger partial charge in [0.15, 0.2) is 4.34 Å². The maximum atomic E-state index is 11.8. The lowest BCUT2D eigenvalue weighted by Gasteiger charge is -2.04. The summed E-state index contributed by atoms with van der Waals surface area (Å²) in [5.41, 5.74) is 2.91. The van der Waals surface area contributed by atoms with Gasteiger partial charge in [-0.3, -0.25) is 0 Å². The van der Waals surface area contributed by atoms with Crippen LogP contribution in [0.15, 0.2) is 62.1 Å². The molecule has 0 aliphatic heterocycles. The Labute approximate surface area is 162 Å². The van der Waals surface area contributed by atoms with Crippen LogP contribution >= 0.6 is 23.1 Å². The van der Waals surface area contributed by atoms with Crippen LogP contribution in [0.3, 0.4) is 0 Å². The van der Waals surface area contributed by atoms with E-state index in [0.717, 1.165) is 21.0 Å². The van der Waals surface area contributed by atoms with Crippen molar-refractivity contribution in [1.82, 2.24) is 10.2 Å². The van der Waals surface area contributed by atoms with Gasteiger partial charge in [0.2, 0.25) is 5.13 Å². The minimum absolute atomic E-state index is 0.0615. The summed E-state index contributed by atoms with van der Waals surface area (Å²) < 4.78 is 5.95. The number of aromatic nitrogens is 2. The molecule has 4 rings (SSSR count). The first-order valence-electron chi connectivity index (χ1n) is 8.12. The first-order chi connectivity index (χ1) is 13.1. The second-order valence-electron chi connectivity index (χ2n) is 5.92. The minimum atomic E-state index is -0.442. The summed E-state index contributed by atoms with van der Waals surface area (Å²) in [6.45, 7) is 2.04. The lowest BCUT2D eigenvalue weighted by Crippen LogP contribution is -1.99. The largest absolute Gasteiger partial charge is 0.508 e. The van der Waals surface area contributed by atoms with Crippen molar-refractivity contribution in [2.75, 3.05) is 5.32 Å². The normalized spacial score (nSPS) is 11.0. The van der Waals surface area contributed by atoms with Crippen molar-refractivity contribution in [3.8, 4) is 5.75 Å². The highest BCUT2D eigenvalue weighted by Gasteiger charge is 2.10. The predicted molar refractivity (Wildman–Crippen MR) is 108 cm³/mol. The smallest absolute Gasteiger partial charge is 0.336 e. The first kappa shape index (κ1) is 17.6. The summed E-state index contributed by atoms with van der Waals surface area (Å²) in [6.07, 6.45) is 0. The van der Waals surface area contributed by atoms with Gasteiger partial charge in [-0.2, -0.15) is 0 Å². The molecule has 0 aliphatic carbocycles. The fourth-order valence-electron chi connectivity index (χ4n) is 2.56. The number of benzene rings is 2. The SMILES string of the molecule is Cc1ccc(Nc2nnc(SCc3cc(=O)oc4cc(O)ccc34)s2)cc1. The Balaban J connectivity index is 1.49. The van der Waals surface area contributed by atoms with Gasteiger partial charge >= 0.3 is 5.63 Å². The molecule has 0 amide bonds.